The Kier molecular flexibility index (Phi) is 3.59. The minimum atomic E-state index is 0.442. The van der Waals surface area contributed by atoms with Gasteiger partial charge in [0.05, 0.1) is 19.6 Å². The summed E-state index contributed by atoms with van der Waals surface area (Å²) in [5.74, 6) is 0.833. The van der Waals surface area contributed by atoms with Crippen LogP contribution in [0.25, 0.3) is 6.08 Å². The van der Waals surface area contributed by atoms with Gasteiger partial charge in [-0.2, -0.15) is 5.26 Å². The van der Waals surface area contributed by atoms with Gasteiger partial charge in [0.25, 0.3) is 0 Å². The molecular weight excluding hydrogens is 162 g/mol. The lowest BCUT2D eigenvalue weighted by Gasteiger charge is -1.99. The molecule has 0 amide bonds. The van der Waals surface area contributed by atoms with E-state index in [1.165, 1.54) is 0 Å². The number of ether oxygens (including phenoxy) is 1. The molecule has 0 spiro atoms. The van der Waals surface area contributed by atoms with Crippen LogP contribution < -0.4 is 4.74 Å². The Labute approximate surface area is 78.1 Å². The van der Waals surface area contributed by atoms with Gasteiger partial charge in [-0.25, -0.2) is 0 Å². The van der Waals surface area contributed by atoms with E-state index in [-0.39, 0.29) is 0 Å². The van der Waals surface area contributed by atoms with Crippen LogP contribution in [0.2, 0.25) is 0 Å². The summed E-state index contributed by atoms with van der Waals surface area (Å²) in [7, 11) is 1.64. The predicted octanol–water partition coefficient (Wildman–Crippen LogP) is 2.62. The molecule has 0 radical (unpaired) electrons. The largest absolute Gasteiger partial charge is 0.497 e. The number of hydrogen-bond donors (Lipinski definition) is 0. The molecule has 0 saturated heterocycles. The van der Waals surface area contributed by atoms with Crippen LogP contribution in [0.3, 0.4) is 0 Å². The molecule has 0 saturated carbocycles. The molecule has 1 rings (SSSR count). The van der Waals surface area contributed by atoms with Crippen molar-refractivity contribution >= 4 is 6.08 Å². The Bertz CT molecular complexity index is 336. The van der Waals surface area contributed by atoms with E-state index in [1.807, 2.05) is 42.5 Å². The van der Waals surface area contributed by atoms with Crippen molar-refractivity contribution in [1.29, 1.82) is 5.26 Å². The third-order valence-corrected chi connectivity index (χ3v) is 1.61. The third kappa shape index (κ3) is 3.00. The zero-order valence-electron chi connectivity index (χ0n) is 7.53. The van der Waals surface area contributed by atoms with Gasteiger partial charge in [-0.3, -0.25) is 0 Å². The first-order chi connectivity index (χ1) is 6.36. The summed E-state index contributed by atoms with van der Waals surface area (Å²) >= 11 is 0. The third-order valence-electron chi connectivity index (χ3n) is 1.61. The van der Waals surface area contributed by atoms with E-state index in [0.717, 1.165) is 11.3 Å². The molecule has 13 heavy (non-hydrogen) atoms. The molecule has 0 aromatic heterocycles. The molecule has 0 bridgehead atoms. The average molecular weight is 173 g/mol. The summed E-state index contributed by atoms with van der Waals surface area (Å²) in [6.45, 7) is 0. The van der Waals surface area contributed by atoms with Gasteiger partial charge in [0.2, 0.25) is 0 Å². The smallest absolute Gasteiger partial charge is 0.119 e. The maximum atomic E-state index is 8.32. The van der Waals surface area contributed by atoms with Crippen LogP contribution >= 0.6 is 0 Å². The maximum Gasteiger partial charge on any atom is 0.119 e. The Morgan fingerprint density at radius 3 is 3.08 bits per heavy atom. The molecule has 0 unspecified atom stereocenters. The lowest BCUT2D eigenvalue weighted by molar-refractivity contribution is 0.414. The number of methoxy groups -OCH3 is 1. The van der Waals surface area contributed by atoms with Crippen LogP contribution in [0.4, 0.5) is 0 Å². The molecule has 2 heteroatoms. The van der Waals surface area contributed by atoms with Crippen LogP contribution in [-0.2, 0) is 0 Å². The fourth-order valence-electron chi connectivity index (χ4n) is 0.993. The van der Waals surface area contributed by atoms with Crippen molar-refractivity contribution < 1.29 is 4.74 Å². The zero-order valence-corrected chi connectivity index (χ0v) is 7.53. The van der Waals surface area contributed by atoms with Gasteiger partial charge in [0, 0.05) is 0 Å². The van der Waals surface area contributed by atoms with E-state index >= 15 is 0 Å². The summed E-state index contributed by atoms with van der Waals surface area (Å²) < 4.78 is 5.06. The average Bonchev–Trinajstić information content (AvgIpc) is 2.19. The van der Waals surface area contributed by atoms with E-state index in [0.29, 0.717) is 6.42 Å². The standard InChI is InChI=1S/C11H11NO/c1-13-11-7-4-6-10(9-11)5-2-3-8-12/h2,4-7,9H,3H2,1H3. The Morgan fingerprint density at radius 2 is 2.38 bits per heavy atom. The number of nitriles is 1. The van der Waals surface area contributed by atoms with Crippen molar-refractivity contribution in [3.05, 3.63) is 35.9 Å². The number of rotatable bonds is 3. The van der Waals surface area contributed by atoms with Crippen LogP contribution in [0.15, 0.2) is 30.3 Å². The molecule has 0 atom stereocenters. The summed E-state index contributed by atoms with van der Waals surface area (Å²) in [5, 5.41) is 8.32. The summed E-state index contributed by atoms with van der Waals surface area (Å²) in [6, 6.07) is 9.75. The van der Waals surface area contributed by atoms with E-state index < -0.39 is 0 Å². The number of allylic oxidation sites excluding steroid dienone is 1. The molecule has 2 nitrogen and oxygen atoms in total. The highest BCUT2D eigenvalue weighted by atomic mass is 16.5. The van der Waals surface area contributed by atoms with Gasteiger partial charge in [0.15, 0.2) is 0 Å². The van der Waals surface area contributed by atoms with E-state index in [4.69, 9.17) is 10.00 Å². The molecule has 0 heterocycles. The van der Waals surface area contributed by atoms with Gasteiger partial charge in [0.1, 0.15) is 5.75 Å². The fourth-order valence-corrected chi connectivity index (χ4v) is 0.993. The molecular formula is C11H11NO. The minimum absolute atomic E-state index is 0.442. The summed E-state index contributed by atoms with van der Waals surface area (Å²) in [5.41, 5.74) is 1.05. The number of benzene rings is 1. The molecule has 0 N–H and O–H groups in total. The summed E-state index contributed by atoms with van der Waals surface area (Å²) in [6.07, 6.45) is 4.18. The van der Waals surface area contributed by atoms with Crippen molar-refractivity contribution in [2.45, 2.75) is 6.42 Å². The first-order valence-corrected chi connectivity index (χ1v) is 4.04. The quantitative estimate of drug-likeness (QED) is 0.703. The fraction of sp³-hybridized carbons (Fsp3) is 0.182. The van der Waals surface area contributed by atoms with Gasteiger partial charge in [-0.15, -0.1) is 0 Å². The first-order valence-electron chi connectivity index (χ1n) is 4.04. The van der Waals surface area contributed by atoms with Crippen LogP contribution in [-0.4, -0.2) is 7.11 Å². The Hall–Kier alpha value is -1.75. The molecule has 66 valence electrons. The topological polar surface area (TPSA) is 33.0 Å². The minimum Gasteiger partial charge on any atom is -0.497 e. The van der Waals surface area contributed by atoms with Crippen molar-refractivity contribution in [2.75, 3.05) is 7.11 Å². The second-order valence-electron chi connectivity index (χ2n) is 2.54. The number of hydrogen-bond acceptors (Lipinski definition) is 2. The van der Waals surface area contributed by atoms with Gasteiger partial charge in [-0.05, 0) is 17.7 Å². The molecule has 0 aliphatic heterocycles. The van der Waals surface area contributed by atoms with Crippen molar-refractivity contribution in [3.8, 4) is 11.8 Å². The molecule has 0 aliphatic carbocycles. The van der Waals surface area contributed by atoms with Crippen molar-refractivity contribution in [2.24, 2.45) is 0 Å². The second-order valence-corrected chi connectivity index (χ2v) is 2.54. The van der Waals surface area contributed by atoms with E-state index in [1.54, 1.807) is 7.11 Å². The highest BCUT2D eigenvalue weighted by Crippen LogP contribution is 2.13. The van der Waals surface area contributed by atoms with Gasteiger partial charge < -0.3 is 4.74 Å². The normalized spacial score (nSPS) is 9.85. The van der Waals surface area contributed by atoms with Crippen LogP contribution in [0.5, 0.6) is 5.75 Å². The van der Waals surface area contributed by atoms with Crippen molar-refractivity contribution in [1.82, 2.24) is 0 Å². The molecule has 1 aromatic rings. The van der Waals surface area contributed by atoms with Crippen molar-refractivity contribution in [3.63, 3.8) is 0 Å². The van der Waals surface area contributed by atoms with E-state index in [2.05, 4.69) is 0 Å². The predicted molar refractivity (Wildman–Crippen MR) is 52.3 cm³/mol. The second kappa shape index (κ2) is 5.00. The Morgan fingerprint density at radius 1 is 1.54 bits per heavy atom. The highest BCUT2D eigenvalue weighted by Gasteiger charge is 1.90. The summed E-state index contributed by atoms with van der Waals surface area (Å²) in [4.78, 5) is 0. The molecule has 0 fully saturated rings. The lowest BCUT2D eigenvalue weighted by atomic mass is 10.2. The highest BCUT2D eigenvalue weighted by molar-refractivity contribution is 5.51. The monoisotopic (exact) mass is 173 g/mol. The number of nitrogens with zero attached hydrogens (tertiary/aromatic N) is 1. The van der Waals surface area contributed by atoms with Crippen LogP contribution in [0.1, 0.15) is 12.0 Å². The van der Waals surface area contributed by atoms with Gasteiger partial charge >= 0.3 is 0 Å². The Balaban J connectivity index is 2.73. The maximum absolute atomic E-state index is 8.32. The van der Waals surface area contributed by atoms with Gasteiger partial charge in [-0.1, -0.05) is 24.3 Å². The molecule has 1 aromatic carbocycles. The molecule has 0 aliphatic rings. The first kappa shape index (κ1) is 9.34. The zero-order chi connectivity index (χ0) is 9.52. The SMILES string of the molecule is COc1cccc(C=CCC#N)c1. The van der Waals surface area contributed by atoms with Crippen LogP contribution in [0, 0.1) is 11.3 Å². The lowest BCUT2D eigenvalue weighted by Crippen LogP contribution is -1.81. The van der Waals surface area contributed by atoms with E-state index in [9.17, 15) is 0 Å².